The average molecular weight is 348 g/mol. The zero-order chi connectivity index (χ0) is 15.6. The molecule has 1 atom stereocenters. The van der Waals surface area contributed by atoms with E-state index in [2.05, 4.69) is 15.6 Å². The molecule has 1 unspecified atom stereocenters. The molecule has 1 heterocycles. The van der Waals surface area contributed by atoms with Gasteiger partial charge in [-0.05, 0) is 30.5 Å². The zero-order valence-corrected chi connectivity index (χ0v) is 13.5. The second-order valence-corrected chi connectivity index (χ2v) is 5.90. The quantitative estimate of drug-likeness (QED) is 0.855. The van der Waals surface area contributed by atoms with Gasteiger partial charge in [0.25, 0.3) is 0 Å². The molecule has 1 fully saturated rings. The van der Waals surface area contributed by atoms with Crippen molar-refractivity contribution in [1.29, 1.82) is 0 Å². The first-order chi connectivity index (χ1) is 10.5. The van der Waals surface area contributed by atoms with Gasteiger partial charge >= 0.3 is 6.18 Å². The number of alkyl halides is 3. The highest BCUT2D eigenvalue weighted by molar-refractivity contribution is 5.89. The normalized spacial score (nSPS) is 22.4. The van der Waals surface area contributed by atoms with Crippen LogP contribution in [0.3, 0.4) is 0 Å². The van der Waals surface area contributed by atoms with Crippen molar-refractivity contribution in [2.75, 3.05) is 13.1 Å². The minimum absolute atomic E-state index is 0. The molecule has 1 aromatic carbocycles. The van der Waals surface area contributed by atoms with Crippen LogP contribution in [-0.4, -0.2) is 25.0 Å². The molecule has 0 bridgehead atoms. The Kier molecular flexibility index (Phi) is 5.92. The SMILES string of the molecule is Cl.FC(F)(F)c1ccc(C2NCCN=C2NC2CCCC2)cc1. The monoisotopic (exact) mass is 347 g/mol. The van der Waals surface area contributed by atoms with Crippen LogP contribution in [0.1, 0.15) is 42.9 Å². The molecule has 1 saturated carbocycles. The molecule has 2 aliphatic rings. The van der Waals surface area contributed by atoms with Gasteiger partial charge in [0.15, 0.2) is 0 Å². The fourth-order valence-corrected chi connectivity index (χ4v) is 3.12. The summed E-state index contributed by atoms with van der Waals surface area (Å²) in [6.07, 6.45) is 0.432. The van der Waals surface area contributed by atoms with Crippen LogP contribution in [0.15, 0.2) is 29.3 Å². The Morgan fingerprint density at radius 2 is 1.74 bits per heavy atom. The Hall–Kier alpha value is -1.27. The molecule has 0 saturated heterocycles. The van der Waals surface area contributed by atoms with Crippen molar-refractivity contribution in [2.24, 2.45) is 4.99 Å². The van der Waals surface area contributed by atoms with E-state index in [0.29, 0.717) is 12.6 Å². The standard InChI is InChI=1S/C16H20F3N3.ClH/c17-16(18,19)12-7-5-11(6-8-12)14-15(21-10-9-20-14)22-13-3-1-2-4-13;/h5-8,13-14,20H,1-4,9-10H2,(H,21,22);1H. The van der Waals surface area contributed by atoms with E-state index in [-0.39, 0.29) is 18.4 Å². The summed E-state index contributed by atoms with van der Waals surface area (Å²) in [5.41, 5.74) is 0.200. The first-order valence-electron chi connectivity index (χ1n) is 7.75. The van der Waals surface area contributed by atoms with Crippen molar-refractivity contribution in [3.05, 3.63) is 35.4 Å². The van der Waals surface area contributed by atoms with E-state index >= 15 is 0 Å². The third-order valence-electron chi connectivity index (χ3n) is 4.29. The van der Waals surface area contributed by atoms with Crippen LogP contribution in [0.25, 0.3) is 0 Å². The highest BCUT2D eigenvalue weighted by Crippen LogP contribution is 2.30. The van der Waals surface area contributed by atoms with Crippen molar-refractivity contribution in [2.45, 2.75) is 43.9 Å². The van der Waals surface area contributed by atoms with E-state index in [9.17, 15) is 13.2 Å². The Morgan fingerprint density at radius 1 is 1.09 bits per heavy atom. The molecule has 7 heteroatoms. The summed E-state index contributed by atoms with van der Waals surface area (Å²) in [6, 6.07) is 5.65. The molecule has 1 aliphatic carbocycles. The lowest BCUT2D eigenvalue weighted by molar-refractivity contribution is -0.137. The van der Waals surface area contributed by atoms with Gasteiger partial charge < -0.3 is 10.6 Å². The summed E-state index contributed by atoms with van der Waals surface area (Å²) in [4.78, 5) is 4.54. The number of benzene rings is 1. The summed E-state index contributed by atoms with van der Waals surface area (Å²) >= 11 is 0. The van der Waals surface area contributed by atoms with Crippen LogP contribution < -0.4 is 10.6 Å². The fraction of sp³-hybridized carbons (Fsp3) is 0.562. The molecule has 1 aliphatic heterocycles. The van der Waals surface area contributed by atoms with Crippen molar-refractivity contribution in [3.8, 4) is 0 Å². The van der Waals surface area contributed by atoms with Gasteiger partial charge in [-0.15, -0.1) is 12.4 Å². The molecule has 1 aromatic rings. The largest absolute Gasteiger partial charge is 0.416 e. The smallest absolute Gasteiger partial charge is 0.370 e. The Morgan fingerprint density at radius 3 is 2.35 bits per heavy atom. The third kappa shape index (κ3) is 4.38. The Labute approximate surface area is 140 Å². The third-order valence-corrected chi connectivity index (χ3v) is 4.29. The maximum absolute atomic E-state index is 12.7. The van der Waals surface area contributed by atoms with Crippen LogP contribution in [0.2, 0.25) is 0 Å². The van der Waals surface area contributed by atoms with E-state index < -0.39 is 11.7 Å². The van der Waals surface area contributed by atoms with Crippen molar-refractivity contribution in [3.63, 3.8) is 0 Å². The number of aliphatic imine (C=N–C) groups is 1. The lowest BCUT2D eigenvalue weighted by Gasteiger charge is -2.28. The number of hydrogen-bond donors (Lipinski definition) is 2. The van der Waals surface area contributed by atoms with Gasteiger partial charge in [-0.2, -0.15) is 13.2 Å². The Balaban J connectivity index is 0.00000192. The fourth-order valence-electron chi connectivity index (χ4n) is 3.12. The molecular formula is C16H21ClF3N3. The molecule has 0 radical (unpaired) electrons. The summed E-state index contributed by atoms with van der Waals surface area (Å²) in [5, 5.41) is 6.82. The van der Waals surface area contributed by atoms with Crippen LogP contribution >= 0.6 is 12.4 Å². The van der Waals surface area contributed by atoms with Gasteiger partial charge in [0, 0.05) is 12.6 Å². The number of rotatable bonds is 2. The van der Waals surface area contributed by atoms with E-state index in [0.717, 1.165) is 42.9 Å². The second-order valence-electron chi connectivity index (χ2n) is 5.90. The highest BCUT2D eigenvalue weighted by atomic mass is 35.5. The molecule has 0 amide bonds. The lowest BCUT2D eigenvalue weighted by Crippen LogP contribution is -2.45. The van der Waals surface area contributed by atoms with Gasteiger partial charge in [-0.1, -0.05) is 25.0 Å². The van der Waals surface area contributed by atoms with Crippen molar-refractivity contribution >= 4 is 18.2 Å². The van der Waals surface area contributed by atoms with E-state index in [4.69, 9.17) is 0 Å². The second kappa shape index (κ2) is 7.53. The van der Waals surface area contributed by atoms with Crippen molar-refractivity contribution < 1.29 is 13.2 Å². The van der Waals surface area contributed by atoms with Gasteiger partial charge in [-0.3, -0.25) is 4.99 Å². The molecule has 3 nitrogen and oxygen atoms in total. The van der Waals surface area contributed by atoms with Gasteiger partial charge in [0.2, 0.25) is 0 Å². The van der Waals surface area contributed by atoms with E-state index in [1.165, 1.54) is 25.0 Å². The average Bonchev–Trinajstić information content (AvgIpc) is 3.00. The van der Waals surface area contributed by atoms with Crippen LogP contribution in [0, 0.1) is 0 Å². The van der Waals surface area contributed by atoms with Crippen LogP contribution in [0.5, 0.6) is 0 Å². The maximum Gasteiger partial charge on any atom is 0.416 e. The van der Waals surface area contributed by atoms with E-state index in [1.54, 1.807) is 0 Å². The molecule has 23 heavy (non-hydrogen) atoms. The number of halogens is 4. The summed E-state index contributed by atoms with van der Waals surface area (Å²) in [5.74, 6) is 0.859. The molecule has 128 valence electrons. The van der Waals surface area contributed by atoms with E-state index in [1.807, 2.05) is 0 Å². The first kappa shape index (κ1) is 18.1. The molecule has 2 N–H and O–H groups in total. The van der Waals surface area contributed by atoms with Crippen LogP contribution in [-0.2, 0) is 6.18 Å². The number of nitrogens with zero attached hydrogens (tertiary/aromatic N) is 1. The predicted octanol–water partition coefficient (Wildman–Crippen LogP) is 3.70. The van der Waals surface area contributed by atoms with Gasteiger partial charge in [0.05, 0.1) is 18.2 Å². The minimum Gasteiger partial charge on any atom is -0.370 e. The number of amidine groups is 1. The minimum atomic E-state index is -4.29. The number of nitrogens with one attached hydrogen (secondary N) is 2. The van der Waals surface area contributed by atoms with Gasteiger partial charge in [0.1, 0.15) is 5.84 Å². The van der Waals surface area contributed by atoms with Gasteiger partial charge in [-0.25, -0.2) is 0 Å². The maximum atomic E-state index is 12.7. The lowest BCUT2D eigenvalue weighted by atomic mass is 10.0. The van der Waals surface area contributed by atoms with Crippen LogP contribution in [0.4, 0.5) is 13.2 Å². The summed E-state index contributed by atoms with van der Waals surface area (Å²) < 4.78 is 38.0. The molecule has 3 rings (SSSR count). The predicted molar refractivity (Wildman–Crippen MR) is 87.1 cm³/mol. The molecular weight excluding hydrogens is 327 g/mol. The molecule has 0 aromatic heterocycles. The Bertz CT molecular complexity index is 536. The first-order valence-corrected chi connectivity index (χ1v) is 7.75. The topological polar surface area (TPSA) is 36.4 Å². The zero-order valence-electron chi connectivity index (χ0n) is 12.7. The summed E-state index contributed by atoms with van der Waals surface area (Å²) in [6.45, 7) is 1.44. The highest BCUT2D eigenvalue weighted by Gasteiger charge is 2.31. The summed E-state index contributed by atoms with van der Waals surface area (Å²) in [7, 11) is 0. The van der Waals surface area contributed by atoms with Crippen molar-refractivity contribution in [1.82, 2.24) is 10.6 Å². The number of hydrogen-bond acceptors (Lipinski definition) is 3. The molecule has 0 spiro atoms.